The van der Waals surface area contributed by atoms with Gasteiger partial charge in [-0.15, -0.1) is 0 Å². The normalized spacial score (nSPS) is 30.9. The summed E-state index contributed by atoms with van der Waals surface area (Å²) < 4.78 is 14.0. The minimum absolute atomic E-state index is 0.0354. The van der Waals surface area contributed by atoms with Gasteiger partial charge in [-0.25, -0.2) is 4.39 Å². The van der Waals surface area contributed by atoms with Crippen molar-refractivity contribution in [1.82, 2.24) is 5.32 Å². The van der Waals surface area contributed by atoms with Crippen molar-refractivity contribution in [2.75, 3.05) is 0 Å². The van der Waals surface area contributed by atoms with Crippen LogP contribution in [0.5, 0.6) is 0 Å². The van der Waals surface area contributed by atoms with Crippen molar-refractivity contribution < 1.29 is 19.1 Å². The summed E-state index contributed by atoms with van der Waals surface area (Å²) in [5.74, 6) is 0.223. The highest BCUT2D eigenvalue weighted by Gasteiger charge is 2.55. The summed E-state index contributed by atoms with van der Waals surface area (Å²) in [4.78, 5) is 25.9. The van der Waals surface area contributed by atoms with Crippen molar-refractivity contribution in [3.05, 3.63) is 70.5 Å². The van der Waals surface area contributed by atoms with Crippen LogP contribution in [0.3, 0.4) is 0 Å². The first kappa shape index (κ1) is 20.4. The van der Waals surface area contributed by atoms with Crippen LogP contribution in [0.15, 0.2) is 42.5 Å². The lowest BCUT2D eigenvalue weighted by Gasteiger charge is -2.58. The van der Waals surface area contributed by atoms with Gasteiger partial charge in [-0.2, -0.15) is 0 Å². The maximum absolute atomic E-state index is 14.0. The lowest BCUT2D eigenvalue weighted by atomic mass is 9.52. The number of nitrogens with one attached hydrogen (secondary N) is 1. The van der Waals surface area contributed by atoms with Gasteiger partial charge in [0.1, 0.15) is 5.82 Å². The van der Waals surface area contributed by atoms with Crippen LogP contribution in [0, 0.1) is 23.6 Å². The molecule has 0 radical (unpaired) electrons. The number of carbonyl (C=O) groups is 2. The topological polar surface area (TPSA) is 66.4 Å². The Morgan fingerprint density at radius 2 is 1.77 bits per heavy atom. The van der Waals surface area contributed by atoms with E-state index in [0.717, 1.165) is 37.7 Å². The van der Waals surface area contributed by atoms with Gasteiger partial charge >= 0.3 is 0 Å². The Morgan fingerprint density at radius 1 is 1.06 bits per heavy atom. The molecule has 5 heteroatoms. The molecule has 31 heavy (non-hydrogen) atoms. The highest BCUT2D eigenvalue weighted by Crippen LogP contribution is 2.55. The largest absolute Gasteiger partial charge is 0.390 e. The molecule has 2 N–H and O–H groups in total. The fraction of sp³-hybridized carbons (Fsp3) is 0.462. The first-order valence-electron chi connectivity index (χ1n) is 11.3. The van der Waals surface area contributed by atoms with Gasteiger partial charge < -0.3 is 10.4 Å². The van der Waals surface area contributed by atoms with E-state index in [1.54, 1.807) is 30.3 Å². The van der Waals surface area contributed by atoms with Gasteiger partial charge in [0.2, 0.25) is 0 Å². The number of ketones is 1. The van der Waals surface area contributed by atoms with E-state index >= 15 is 0 Å². The Labute approximate surface area is 181 Å². The molecule has 0 spiro atoms. The number of hydrogen-bond acceptors (Lipinski definition) is 3. The number of amides is 1. The zero-order valence-electron chi connectivity index (χ0n) is 17.7. The Morgan fingerprint density at radius 3 is 2.42 bits per heavy atom. The van der Waals surface area contributed by atoms with Gasteiger partial charge in [-0.1, -0.05) is 25.1 Å². The molecule has 4 aliphatic carbocycles. The summed E-state index contributed by atoms with van der Waals surface area (Å²) >= 11 is 0. The predicted molar refractivity (Wildman–Crippen MR) is 115 cm³/mol. The van der Waals surface area contributed by atoms with Crippen LogP contribution in [0.1, 0.15) is 70.9 Å². The highest BCUT2D eigenvalue weighted by molar-refractivity contribution is 6.10. The minimum Gasteiger partial charge on any atom is -0.390 e. The van der Waals surface area contributed by atoms with Crippen molar-refractivity contribution in [3.8, 4) is 0 Å². The summed E-state index contributed by atoms with van der Waals surface area (Å²) in [6.45, 7) is 1.95. The van der Waals surface area contributed by atoms with E-state index in [0.29, 0.717) is 35.3 Å². The van der Waals surface area contributed by atoms with Crippen molar-refractivity contribution in [1.29, 1.82) is 0 Å². The summed E-state index contributed by atoms with van der Waals surface area (Å²) in [5.41, 5.74) is 1.24. The van der Waals surface area contributed by atoms with E-state index in [9.17, 15) is 19.1 Å². The summed E-state index contributed by atoms with van der Waals surface area (Å²) in [6, 6.07) is 11.1. The summed E-state index contributed by atoms with van der Waals surface area (Å²) in [6.07, 6.45) is 5.24. The smallest absolute Gasteiger partial charge is 0.251 e. The molecule has 1 amide bonds. The lowest BCUT2D eigenvalue weighted by Crippen LogP contribution is -2.61. The van der Waals surface area contributed by atoms with Gasteiger partial charge in [-0.05, 0) is 86.1 Å². The third-order valence-electron chi connectivity index (χ3n) is 7.65. The molecule has 0 aliphatic heterocycles. The number of hydrogen-bond donors (Lipinski definition) is 2. The number of aryl methyl sites for hydroxylation is 1. The molecule has 4 bridgehead atoms. The monoisotopic (exact) mass is 421 g/mol. The van der Waals surface area contributed by atoms with E-state index in [2.05, 4.69) is 5.32 Å². The standard InChI is InChI=1S/C26H28FNO3/c1-2-16-11-17(24(29)21-5-3-4-6-22(21)27)7-8-20(16)25(30)28-23-18-9-15-10-19(23)14-26(31,12-15)13-18/h3-8,11,15,18-19,23,31H,2,9-10,12-14H2,1H3,(H,28,30). The Hall–Kier alpha value is -2.53. The molecule has 6 rings (SSSR count). The quantitative estimate of drug-likeness (QED) is 0.708. The van der Waals surface area contributed by atoms with Crippen molar-refractivity contribution >= 4 is 11.7 Å². The van der Waals surface area contributed by atoms with E-state index in [1.165, 1.54) is 12.1 Å². The van der Waals surface area contributed by atoms with Gasteiger partial charge in [0.05, 0.1) is 11.2 Å². The van der Waals surface area contributed by atoms with Crippen LogP contribution in [0.2, 0.25) is 0 Å². The first-order valence-corrected chi connectivity index (χ1v) is 11.3. The second kappa shape index (κ2) is 7.56. The van der Waals surface area contributed by atoms with Crippen LogP contribution in [0.25, 0.3) is 0 Å². The molecule has 2 atom stereocenters. The number of rotatable bonds is 5. The Bertz CT molecular complexity index is 1030. The van der Waals surface area contributed by atoms with Gasteiger partial charge in [0.25, 0.3) is 5.91 Å². The zero-order valence-corrected chi connectivity index (χ0v) is 17.7. The number of aliphatic hydroxyl groups is 1. The molecule has 162 valence electrons. The van der Waals surface area contributed by atoms with Crippen molar-refractivity contribution in [2.24, 2.45) is 17.8 Å². The maximum Gasteiger partial charge on any atom is 0.251 e. The van der Waals surface area contributed by atoms with Gasteiger partial charge in [0, 0.05) is 17.2 Å². The van der Waals surface area contributed by atoms with Crippen LogP contribution in [-0.2, 0) is 6.42 Å². The van der Waals surface area contributed by atoms with E-state index in [-0.39, 0.29) is 23.3 Å². The van der Waals surface area contributed by atoms with E-state index < -0.39 is 11.4 Å². The molecule has 2 aromatic carbocycles. The first-order chi connectivity index (χ1) is 14.9. The van der Waals surface area contributed by atoms with Crippen LogP contribution >= 0.6 is 0 Å². The molecule has 2 aromatic rings. The number of benzene rings is 2. The second-order valence-electron chi connectivity index (χ2n) is 9.73. The average Bonchev–Trinajstić information content (AvgIpc) is 2.74. The molecular formula is C26H28FNO3. The SMILES string of the molecule is CCc1cc(C(=O)c2ccccc2F)ccc1C(=O)NC1C2CC3CC1CC(O)(C3)C2. The molecule has 4 saturated carbocycles. The third kappa shape index (κ3) is 3.59. The fourth-order valence-corrected chi connectivity index (χ4v) is 6.50. The molecule has 2 unspecified atom stereocenters. The Kier molecular flexibility index (Phi) is 4.97. The van der Waals surface area contributed by atoms with Crippen molar-refractivity contribution in [3.63, 3.8) is 0 Å². The summed E-state index contributed by atoms with van der Waals surface area (Å²) in [5, 5.41) is 14.0. The average molecular weight is 422 g/mol. The van der Waals surface area contributed by atoms with E-state index in [4.69, 9.17) is 0 Å². The Balaban J connectivity index is 1.36. The number of halogens is 1. The molecule has 4 nitrogen and oxygen atoms in total. The minimum atomic E-state index is -0.545. The molecular weight excluding hydrogens is 393 g/mol. The van der Waals surface area contributed by atoms with Gasteiger partial charge in [0.15, 0.2) is 5.78 Å². The van der Waals surface area contributed by atoms with Gasteiger partial charge in [-0.3, -0.25) is 9.59 Å². The number of carbonyl (C=O) groups excluding carboxylic acids is 2. The molecule has 0 saturated heterocycles. The molecule has 0 aromatic heterocycles. The lowest BCUT2D eigenvalue weighted by molar-refractivity contribution is -0.136. The van der Waals surface area contributed by atoms with E-state index in [1.807, 2.05) is 6.92 Å². The third-order valence-corrected chi connectivity index (χ3v) is 7.65. The molecule has 4 aliphatic rings. The second-order valence-corrected chi connectivity index (χ2v) is 9.73. The fourth-order valence-electron chi connectivity index (χ4n) is 6.50. The highest BCUT2D eigenvalue weighted by atomic mass is 19.1. The van der Waals surface area contributed by atoms with Crippen LogP contribution in [-0.4, -0.2) is 28.4 Å². The van der Waals surface area contributed by atoms with Crippen LogP contribution in [0.4, 0.5) is 4.39 Å². The summed E-state index contributed by atoms with van der Waals surface area (Å²) in [7, 11) is 0. The predicted octanol–water partition coefficient (Wildman–Crippen LogP) is 4.29. The zero-order chi connectivity index (χ0) is 21.8. The maximum atomic E-state index is 14.0. The molecule has 0 heterocycles. The van der Waals surface area contributed by atoms with Crippen LogP contribution < -0.4 is 5.32 Å². The molecule has 4 fully saturated rings. The van der Waals surface area contributed by atoms with Crippen molar-refractivity contribution in [2.45, 2.75) is 57.1 Å².